The zero-order valence-corrected chi connectivity index (χ0v) is 21.3. The summed E-state index contributed by atoms with van der Waals surface area (Å²) in [5.74, 6) is 0.726. The predicted octanol–water partition coefficient (Wildman–Crippen LogP) is 4.80. The second-order valence-electron chi connectivity index (χ2n) is 9.02. The maximum Gasteiger partial charge on any atom is 0.244 e. The van der Waals surface area contributed by atoms with E-state index in [-0.39, 0.29) is 24.5 Å². The smallest absolute Gasteiger partial charge is 0.244 e. The van der Waals surface area contributed by atoms with Gasteiger partial charge in [0.1, 0.15) is 12.4 Å². The van der Waals surface area contributed by atoms with Crippen LogP contribution in [0.4, 0.5) is 5.69 Å². The first-order chi connectivity index (χ1) is 17.4. The van der Waals surface area contributed by atoms with Crippen LogP contribution in [-0.4, -0.2) is 37.0 Å². The van der Waals surface area contributed by atoms with Gasteiger partial charge >= 0.3 is 0 Å². The molecule has 2 N–H and O–H groups in total. The molecule has 36 heavy (non-hydrogen) atoms. The number of amides is 1. The summed E-state index contributed by atoms with van der Waals surface area (Å²) in [4.78, 5) is 24.3. The van der Waals surface area contributed by atoms with Gasteiger partial charge in [0.15, 0.2) is 5.11 Å². The number of aromatic nitrogens is 3. The van der Waals surface area contributed by atoms with Gasteiger partial charge in [0.05, 0.1) is 17.8 Å². The van der Waals surface area contributed by atoms with Crippen LogP contribution in [0.1, 0.15) is 40.3 Å². The first kappa shape index (κ1) is 23.7. The molecule has 0 radical (unpaired) electrons. The quantitative estimate of drug-likeness (QED) is 0.374. The maximum atomic E-state index is 13.1. The van der Waals surface area contributed by atoms with Crippen molar-refractivity contribution in [1.82, 2.24) is 24.8 Å². The average Bonchev–Trinajstić information content (AvgIpc) is 3.35. The summed E-state index contributed by atoms with van der Waals surface area (Å²) in [6.45, 7) is 6.30. The standard InChI is InChI=1S/C28H28N6OS/c1-18-12-13-24(30-16-18)34-19(2)15-22(20(34)3)27-26(23-11-7-8-14-29-23)32-28(36)33(27)17-25(35)31-21-9-5-4-6-10-21/h4-16,26-27H,17H2,1-3H3,(H,31,35)(H,32,36)/t26-,27-/m0/s1. The van der Waals surface area contributed by atoms with Gasteiger partial charge in [-0.15, -0.1) is 0 Å². The first-order valence-corrected chi connectivity index (χ1v) is 12.3. The summed E-state index contributed by atoms with van der Waals surface area (Å²) in [5.41, 5.74) is 5.92. The zero-order chi connectivity index (χ0) is 25.2. The van der Waals surface area contributed by atoms with E-state index in [1.165, 1.54) is 0 Å². The highest BCUT2D eigenvalue weighted by atomic mass is 32.1. The summed E-state index contributed by atoms with van der Waals surface area (Å²) in [6.07, 6.45) is 3.65. The molecule has 1 amide bonds. The monoisotopic (exact) mass is 496 g/mol. The van der Waals surface area contributed by atoms with Gasteiger partial charge in [-0.25, -0.2) is 4.98 Å². The van der Waals surface area contributed by atoms with E-state index in [0.29, 0.717) is 5.11 Å². The molecular formula is C28H28N6OS. The number of rotatable bonds is 6. The molecule has 2 atom stereocenters. The first-order valence-electron chi connectivity index (χ1n) is 11.9. The van der Waals surface area contributed by atoms with Crippen LogP contribution in [0.3, 0.4) is 0 Å². The number of carbonyl (C=O) groups excluding carboxylic acids is 1. The fourth-order valence-corrected chi connectivity index (χ4v) is 5.13. The van der Waals surface area contributed by atoms with Crippen molar-refractivity contribution in [3.63, 3.8) is 0 Å². The minimum atomic E-state index is -0.223. The molecule has 0 spiro atoms. The molecule has 1 saturated heterocycles. The summed E-state index contributed by atoms with van der Waals surface area (Å²) in [7, 11) is 0. The lowest BCUT2D eigenvalue weighted by atomic mass is 9.96. The van der Waals surface area contributed by atoms with Crippen LogP contribution < -0.4 is 10.6 Å². The topological polar surface area (TPSA) is 75.1 Å². The minimum Gasteiger partial charge on any atom is -0.352 e. The van der Waals surface area contributed by atoms with Gasteiger partial charge in [0.2, 0.25) is 5.91 Å². The number of carbonyl (C=O) groups is 1. The molecule has 0 bridgehead atoms. The van der Waals surface area contributed by atoms with E-state index in [4.69, 9.17) is 12.2 Å². The van der Waals surface area contributed by atoms with Crippen molar-refractivity contribution in [3.05, 3.63) is 107 Å². The van der Waals surface area contributed by atoms with Crippen LogP contribution in [0.15, 0.2) is 79.1 Å². The van der Waals surface area contributed by atoms with E-state index in [1.807, 2.05) is 72.6 Å². The SMILES string of the molecule is Cc1ccc(-n2c(C)cc([C@H]3[C@H](c4ccccn4)NC(=S)N3CC(=O)Nc3ccccc3)c2C)nc1. The Balaban J connectivity index is 1.53. The lowest BCUT2D eigenvalue weighted by molar-refractivity contribution is -0.116. The molecule has 0 saturated carbocycles. The molecule has 1 aliphatic heterocycles. The number of pyridine rings is 2. The normalized spacial score (nSPS) is 17.2. The van der Waals surface area contributed by atoms with Crippen LogP contribution in [-0.2, 0) is 4.79 Å². The van der Waals surface area contributed by atoms with Crippen LogP contribution in [0, 0.1) is 20.8 Å². The molecule has 8 heteroatoms. The van der Waals surface area contributed by atoms with Crippen molar-refractivity contribution in [3.8, 4) is 5.82 Å². The van der Waals surface area contributed by atoms with E-state index in [2.05, 4.69) is 51.1 Å². The lowest BCUT2D eigenvalue weighted by Gasteiger charge is -2.27. The number of para-hydroxylation sites is 1. The van der Waals surface area contributed by atoms with Crippen LogP contribution in [0.2, 0.25) is 0 Å². The predicted molar refractivity (Wildman–Crippen MR) is 145 cm³/mol. The summed E-state index contributed by atoms with van der Waals surface area (Å²) >= 11 is 5.76. The third-order valence-corrected chi connectivity index (χ3v) is 6.84. The molecule has 1 aromatic carbocycles. The third kappa shape index (κ3) is 4.59. The second kappa shape index (κ2) is 9.91. The summed E-state index contributed by atoms with van der Waals surface area (Å²) in [6, 6.07) is 21.1. The summed E-state index contributed by atoms with van der Waals surface area (Å²) < 4.78 is 2.15. The number of hydrogen-bond acceptors (Lipinski definition) is 4. The van der Waals surface area contributed by atoms with Crippen molar-refractivity contribution in [2.45, 2.75) is 32.9 Å². The largest absolute Gasteiger partial charge is 0.352 e. The minimum absolute atomic E-state index is 0.112. The molecule has 4 aromatic rings. The Hall–Kier alpha value is -4.04. The fourth-order valence-electron chi connectivity index (χ4n) is 4.82. The van der Waals surface area contributed by atoms with Gasteiger partial charge in [0, 0.05) is 29.5 Å². The van der Waals surface area contributed by atoms with Gasteiger partial charge in [0.25, 0.3) is 0 Å². The van der Waals surface area contributed by atoms with E-state index in [1.54, 1.807) is 6.20 Å². The molecule has 0 aliphatic carbocycles. The Morgan fingerprint density at radius 3 is 2.50 bits per heavy atom. The van der Waals surface area contributed by atoms with E-state index < -0.39 is 0 Å². The van der Waals surface area contributed by atoms with Crippen LogP contribution in [0.5, 0.6) is 0 Å². The molecule has 4 heterocycles. The Labute approximate surface area is 216 Å². The van der Waals surface area contributed by atoms with E-state index in [9.17, 15) is 4.79 Å². The molecule has 3 aromatic heterocycles. The highest BCUT2D eigenvalue weighted by Gasteiger charge is 2.42. The molecular weight excluding hydrogens is 468 g/mol. The fraction of sp³-hybridized carbons (Fsp3) is 0.214. The molecule has 0 unspecified atom stereocenters. The van der Waals surface area contributed by atoms with Gasteiger partial charge in [-0.3, -0.25) is 9.78 Å². The van der Waals surface area contributed by atoms with Crippen molar-refractivity contribution < 1.29 is 4.79 Å². The van der Waals surface area contributed by atoms with Crippen molar-refractivity contribution in [1.29, 1.82) is 0 Å². The molecule has 5 rings (SSSR count). The molecule has 182 valence electrons. The molecule has 7 nitrogen and oxygen atoms in total. The highest BCUT2D eigenvalue weighted by Crippen LogP contribution is 2.41. The Bertz CT molecular complexity index is 1390. The van der Waals surface area contributed by atoms with Crippen molar-refractivity contribution in [2.75, 3.05) is 11.9 Å². The number of anilines is 1. The van der Waals surface area contributed by atoms with Crippen molar-refractivity contribution in [2.24, 2.45) is 0 Å². The lowest BCUT2D eigenvalue weighted by Crippen LogP contribution is -2.37. The molecule has 1 fully saturated rings. The van der Waals surface area contributed by atoms with Crippen LogP contribution in [0.25, 0.3) is 5.82 Å². The average molecular weight is 497 g/mol. The zero-order valence-electron chi connectivity index (χ0n) is 20.5. The molecule has 1 aliphatic rings. The second-order valence-corrected chi connectivity index (χ2v) is 9.41. The highest BCUT2D eigenvalue weighted by molar-refractivity contribution is 7.80. The van der Waals surface area contributed by atoms with Crippen molar-refractivity contribution >= 4 is 28.9 Å². The Morgan fingerprint density at radius 2 is 1.81 bits per heavy atom. The van der Waals surface area contributed by atoms with Gasteiger partial charge in [-0.2, -0.15) is 0 Å². The van der Waals surface area contributed by atoms with E-state index in [0.717, 1.165) is 39.7 Å². The van der Waals surface area contributed by atoms with Crippen LogP contribution >= 0.6 is 12.2 Å². The Morgan fingerprint density at radius 1 is 1.03 bits per heavy atom. The van der Waals surface area contributed by atoms with Gasteiger partial charge < -0.3 is 20.1 Å². The maximum absolute atomic E-state index is 13.1. The number of nitrogens with one attached hydrogen (secondary N) is 2. The number of thiocarbonyl (C=S) groups is 1. The summed E-state index contributed by atoms with van der Waals surface area (Å²) in [5, 5.41) is 6.94. The van der Waals surface area contributed by atoms with Gasteiger partial charge in [-0.05, 0) is 80.5 Å². The number of hydrogen-bond donors (Lipinski definition) is 2. The number of benzene rings is 1. The van der Waals surface area contributed by atoms with E-state index >= 15 is 0 Å². The number of nitrogens with zero attached hydrogens (tertiary/aromatic N) is 4. The third-order valence-electron chi connectivity index (χ3n) is 6.48. The Kier molecular flexibility index (Phi) is 6.52. The van der Waals surface area contributed by atoms with Gasteiger partial charge in [-0.1, -0.05) is 30.3 Å². The number of aryl methyl sites for hydroxylation is 2.